The molecule has 0 saturated heterocycles. The summed E-state index contributed by atoms with van der Waals surface area (Å²) in [6.45, 7) is 4.31. The minimum atomic E-state index is 0.668. The Bertz CT molecular complexity index is 675. The second-order valence-corrected chi connectivity index (χ2v) is 6.08. The fraction of sp³-hybridized carbons (Fsp3) is 0.471. The van der Waals surface area contributed by atoms with Gasteiger partial charge in [0.25, 0.3) is 0 Å². The summed E-state index contributed by atoms with van der Waals surface area (Å²) in [6, 6.07) is 8.32. The van der Waals surface area contributed by atoms with E-state index in [2.05, 4.69) is 54.9 Å². The van der Waals surface area contributed by atoms with E-state index in [1.807, 2.05) is 6.07 Å². The number of nitriles is 1. The first kappa shape index (κ1) is 13.2. The summed E-state index contributed by atoms with van der Waals surface area (Å²) in [5.74, 6) is 1.44. The van der Waals surface area contributed by atoms with Crippen molar-refractivity contribution in [1.29, 1.82) is 5.26 Å². The van der Waals surface area contributed by atoms with E-state index in [1.165, 1.54) is 22.9 Å². The van der Waals surface area contributed by atoms with E-state index in [0.717, 1.165) is 24.6 Å². The summed E-state index contributed by atoms with van der Waals surface area (Å²) >= 11 is 0. The molecule has 0 N–H and O–H groups in total. The van der Waals surface area contributed by atoms with Gasteiger partial charge in [-0.1, -0.05) is 0 Å². The Morgan fingerprint density at radius 3 is 2.85 bits per heavy atom. The zero-order chi connectivity index (χ0) is 14.3. The van der Waals surface area contributed by atoms with Crippen molar-refractivity contribution < 1.29 is 0 Å². The van der Waals surface area contributed by atoms with Gasteiger partial charge in [-0.3, -0.25) is 0 Å². The van der Waals surface area contributed by atoms with E-state index in [9.17, 15) is 0 Å². The highest BCUT2D eigenvalue weighted by atomic mass is 15.1. The lowest BCUT2D eigenvalue weighted by molar-refractivity contribution is 0.385. The average Bonchev–Trinajstić information content (AvgIpc) is 3.08. The Morgan fingerprint density at radius 1 is 1.40 bits per heavy atom. The van der Waals surface area contributed by atoms with E-state index >= 15 is 0 Å². The van der Waals surface area contributed by atoms with Crippen LogP contribution >= 0.6 is 0 Å². The van der Waals surface area contributed by atoms with Crippen LogP contribution in [-0.2, 0) is 6.54 Å². The molecule has 0 spiro atoms. The van der Waals surface area contributed by atoms with Gasteiger partial charge in [0.1, 0.15) is 0 Å². The fourth-order valence-electron chi connectivity index (χ4n) is 3.25. The topological polar surface area (TPSA) is 32.0 Å². The van der Waals surface area contributed by atoms with Crippen LogP contribution in [0.3, 0.4) is 0 Å². The van der Waals surface area contributed by atoms with Gasteiger partial charge in [-0.2, -0.15) is 5.26 Å². The molecule has 0 radical (unpaired) electrons. The van der Waals surface area contributed by atoms with Gasteiger partial charge >= 0.3 is 0 Å². The largest absolute Gasteiger partial charge is 0.347 e. The summed E-state index contributed by atoms with van der Waals surface area (Å²) in [6.07, 6.45) is 3.57. The monoisotopic (exact) mass is 267 g/mol. The maximum absolute atomic E-state index is 9.11. The van der Waals surface area contributed by atoms with Crippen molar-refractivity contribution >= 4 is 10.9 Å². The number of benzene rings is 1. The SMILES string of the molecule is CCn1cc([C@H]2C[C@@H]2CN(C)C)c2cc(C#N)ccc21. The van der Waals surface area contributed by atoms with Crippen LogP contribution in [0, 0.1) is 17.2 Å². The van der Waals surface area contributed by atoms with Crippen LogP contribution in [0.15, 0.2) is 24.4 Å². The Hall–Kier alpha value is -1.79. The van der Waals surface area contributed by atoms with Gasteiger partial charge in [-0.05, 0) is 63.0 Å². The fourth-order valence-corrected chi connectivity index (χ4v) is 3.25. The minimum absolute atomic E-state index is 0.668. The molecule has 0 amide bonds. The van der Waals surface area contributed by atoms with Gasteiger partial charge in [0.05, 0.1) is 11.6 Å². The number of aromatic nitrogens is 1. The number of fused-ring (bicyclic) bond motifs is 1. The van der Waals surface area contributed by atoms with Crippen molar-refractivity contribution in [3.63, 3.8) is 0 Å². The highest BCUT2D eigenvalue weighted by Crippen LogP contribution is 2.50. The van der Waals surface area contributed by atoms with Crippen LogP contribution in [0.25, 0.3) is 10.9 Å². The summed E-state index contributed by atoms with van der Waals surface area (Å²) in [7, 11) is 4.27. The van der Waals surface area contributed by atoms with Crippen molar-refractivity contribution in [2.75, 3.05) is 20.6 Å². The van der Waals surface area contributed by atoms with E-state index in [1.54, 1.807) is 0 Å². The molecule has 1 aromatic carbocycles. The van der Waals surface area contributed by atoms with Crippen molar-refractivity contribution in [3.8, 4) is 6.07 Å². The van der Waals surface area contributed by atoms with Crippen LogP contribution in [-0.4, -0.2) is 30.1 Å². The van der Waals surface area contributed by atoms with Crippen LogP contribution in [0.5, 0.6) is 0 Å². The van der Waals surface area contributed by atoms with E-state index < -0.39 is 0 Å². The van der Waals surface area contributed by atoms with E-state index in [-0.39, 0.29) is 0 Å². The van der Waals surface area contributed by atoms with Gasteiger partial charge in [-0.15, -0.1) is 0 Å². The first-order chi connectivity index (χ1) is 9.63. The molecular formula is C17H21N3. The maximum Gasteiger partial charge on any atom is 0.0991 e. The number of hydrogen-bond donors (Lipinski definition) is 0. The quantitative estimate of drug-likeness (QED) is 0.852. The normalized spacial score (nSPS) is 21.4. The summed E-state index contributed by atoms with van der Waals surface area (Å²) in [4.78, 5) is 2.27. The molecule has 0 unspecified atom stereocenters. The summed E-state index contributed by atoms with van der Waals surface area (Å²) in [5, 5.41) is 10.4. The van der Waals surface area contributed by atoms with Crippen LogP contribution in [0.1, 0.15) is 30.4 Å². The smallest absolute Gasteiger partial charge is 0.0991 e. The minimum Gasteiger partial charge on any atom is -0.347 e. The molecule has 1 aliphatic carbocycles. The number of aryl methyl sites for hydroxylation is 1. The lowest BCUT2D eigenvalue weighted by atomic mass is 10.1. The Kier molecular flexibility index (Phi) is 3.27. The molecule has 1 aromatic heterocycles. The lowest BCUT2D eigenvalue weighted by Gasteiger charge is -2.08. The van der Waals surface area contributed by atoms with Gasteiger partial charge in [0.2, 0.25) is 0 Å². The zero-order valence-electron chi connectivity index (χ0n) is 12.4. The molecule has 1 saturated carbocycles. The van der Waals surface area contributed by atoms with Gasteiger partial charge in [0, 0.05) is 30.2 Å². The average molecular weight is 267 g/mol. The van der Waals surface area contributed by atoms with Crippen molar-refractivity contribution in [2.45, 2.75) is 25.8 Å². The molecule has 1 fully saturated rings. The maximum atomic E-state index is 9.11. The molecule has 104 valence electrons. The summed E-state index contributed by atoms with van der Waals surface area (Å²) in [5.41, 5.74) is 3.46. The van der Waals surface area contributed by atoms with E-state index in [0.29, 0.717) is 5.92 Å². The lowest BCUT2D eigenvalue weighted by Crippen LogP contribution is -2.15. The number of rotatable bonds is 4. The molecular weight excluding hydrogens is 246 g/mol. The van der Waals surface area contributed by atoms with Gasteiger partial charge in [0.15, 0.2) is 0 Å². The van der Waals surface area contributed by atoms with Crippen LogP contribution in [0.2, 0.25) is 0 Å². The van der Waals surface area contributed by atoms with Gasteiger partial charge in [-0.25, -0.2) is 0 Å². The molecule has 2 atom stereocenters. The summed E-state index contributed by atoms with van der Waals surface area (Å²) < 4.78 is 2.30. The molecule has 3 heteroatoms. The third-order valence-electron chi connectivity index (χ3n) is 4.30. The third kappa shape index (κ3) is 2.21. The molecule has 0 aliphatic heterocycles. The Morgan fingerprint density at radius 2 is 2.20 bits per heavy atom. The molecule has 0 bridgehead atoms. The third-order valence-corrected chi connectivity index (χ3v) is 4.30. The first-order valence-electron chi connectivity index (χ1n) is 7.31. The highest BCUT2D eigenvalue weighted by molar-refractivity contribution is 5.86. The van der Waals surface area contributed by atoms with E-state index in [4.69, 9.17) is 5.26 Å². The second kappa shape index (κ2) is 4.96. The molecule has 3 rings (SSSR count). The van der Waals surface area contributed by atoms with Crippen molar-refractivity contribution in [2.24, 2.45) is 5.92 Å². The Labute approximate surface area is 120 Å². The van der Waals surface area contributed by atoms with Gasteiger partial charge < -0.3 is 9.47 Å². The predicted molar refractivity (Wildman–Crippen MR) is 81.7 cm³/mol. The van der Waals surface area contributed by atoms with Crippen molar-refractivity contribution in [1.82, 2.24) is 9.47 Å². The first-order valence-corrected chi connectivity index (χ1v) is 7.31. The molecule has 2 aromatic rings. The van der Waals surface area contributed by atoms with Crippen molar-refractivity contribution in [3.05, 3.63) is 35.5 Å². The second-order valence-electron chi connectivity index (χ2n) is 6.08. The molecule has 3 nitrogen and oxygen atoms in total. The predicted octanol–water partition coefficient (Wildman–Crippen LogP) is 3.20. The van der Waals surface area contributed by atoms with Crippen LogP contribution < -0.4 is 0 Å². The Balaban J connectivity index is 2.01. The standard InChI is InChI=1S/C17H21N3/c1-4-20-11-16(14-8-13(14)10-19(2)3)15-7-12(9-18)5-6-17(15)20/h5-7,11,13-14H,4,8,10H2,1-3H3/t13-,14+/m1/s1. The zero-order valence-corrected chi connectivity index (χ0v) is 12.4. The highest BCUT2D eigenvalue weighted by Gasteiger charge is 2.40. The number of hydrogen-bond acceptors (Lipinski definition) is 2. The molecule has 20 heavy (non-hydrogen) atoms. The number of nitrogens with zero attached hydrogens (tertiary/aromatic N) is 3. The molecule has 1 aliphatic rings. The van der Waals surface area contributed by atoms with Crippen LogP contribution in [0.4, 0.5) is 0 Å². The molecule has 1 heterocycles.